The van der Waals surface area contributed by atoms with Crippen molar-refractivity contribution < 1.29 is 8.42 Å². The quantitative estimate of drug-likeness (QED) is 0.924. The summed E-state index contributed by atoms with van der Waals surface area (Å²) in [6.07, 6.45) is 4.99. The van der Waals surface area contributed by atoms with Crippen LogP contribution in [0.2, 0.25) is 0 Å². The van der Waals surface area contributed by atoms with Gasteiger partial charge in [-0.3, -0.25) is 0 Å². The Bertz CT molecular complexity index is 593. The van der Waals surface area contributed by atoms with E-state index in [1.807, 2.05) is 12.3 Å². The summed E-state index contributed by atoms with van der Waals surface area (Å²) in [5.74, 6) is 0. The van der Waals surface area contributed by atoms with Gasteiger partial charge in [0.25, 0.3) is 0 Å². The summed E-state index contributed by atoms with van der Waals surface area (Å²) < 4.78 is 27.3. The van der Waals surface area contributed by atoms with E-state index in [1.165, 1.54) is 12.1 Å². The topological polar surface area (TPSA) is 70.0 Å². The number of hydrogen-bond acceptors (Lipinski definition) is 4. The second kappa shape index (κ2) is 5.95. The zero-order valence-corrected chi connectivity index (χ0v) is 12.3. The fourth-order valence-electron chi connectivity index (χ4n) is 2.34. The highest BCUT2D eigenvalue weighted by molar-refractivity contribution is 7.99. The van der Waals surface area contributed by atoms with Crippen LogP contribution in [-0.2, 0) is 10.0 Å². The second-order valence-electron chi connectivity index (χ2n) is 4.57. The molecule has 4 nitrogen and oxygen atoms in total. The number of hydrogen-bond donors (Lipinski definition) is 1. The van der Waals surface area contributed by atoms with Crippen LogP contribution in [0.25, 0.3) is 0 Å². The van der Waals surface area contributed by atoms with E-state index >= 15 is 0 Å². The molecule has 0 saturated heterocycles. The Morgan fingerprint density at radius 3 is 2.89 bits per heavy atom. The fourth-order valence-corrected chi connectivity index (χ4v) is 4.72. The maximum Gasteiger partial charge on any atom is 0.240 e. The Hall–Kier alpha value is -1.03. The Balaban J connectivity index is 2.20. The van der Waals surface area contributed by atoms with Crippen molar-refractivity contribution in [1.82, 2.24) is 4.72 Å². The molecule has 2 unspecified atom stereocenters. The molecule has 0 heterocycles. The van der Waals surface area contributed by atoms with E-state index in [0.717, 1.165) is 19.3 Å². The number of thioether (sulfide) groups is 1. The predicted octanol–water partition coefficient (Wildman–Crippen LogP) is 2.12. The van der Waals surface area contributed by atoms with Crippen LogP contribution >= 0.6 is 11.8 Å². The maximum absolute atomic E-state index is 12.3. The normalized spacial score (nSPS) is 23.2. The molecule has 1 aromatic carbocycles. The van der Waals surface area contributed by atoms with Crippen LogP contribution in [0.5, 0.6) is 0 Å². The monoisotopic (exact) mass is 296 g/mol. The van der Waals surface area contributed by atoms with E-state index in [2.05, 4.69) is 4.72 Å². The van der Waals surface area contributed by atoms with Gasteiger partial charge in [0.15, 0.2) is 0 Å². The Kier molecular flexibility index (Phi) is 4.50. The largest absolute Gasteiger partial charge is 0.240 e. The summed E-state index contributed by atoms with van der Waals surface area (Å²) in [5.41, 5.74) is 0.357. The van der Waals surface area contributed by atoms with Gasteiger partial charge in [0.2, 0.25) is 10.0 Å². The fraction of sp³-hybridized carbons (Fsp3) is 0.462. The predicted molar refractivity (Wildman–Crippen MR) is 76.4 cm³/mol. The molecular weight excluding hydrogens is 280 g/mol. The first-order chi connectivity index (χ1) is 9.06. The zero-order valence-electron chi connectivity index (χ0n) is 10.7. The van der Waals surface area contributed by atoms with E-state index in [-0.39, 0.29) is 10.9 Å². The van der Waals surface area contributed by atoms with Crippen molar-refractivity contribution >= 4 is 21.8 Å². The lowest BCUT2D eigenvalue weighted by Gasteiger charge is -2.19. The minimum absolute atomic E-state index is 0.00857. The maximum atomic E-state index is 12.3. The van der Waals surface area contributed by atoms with Gasteiger partial charge < -0.3 is 0 Å². The van der Waals surface area contributed by atoms with Gasteiger partial charge in [0, 0.05) is 11.3 Å². The van der Waals surface area contributed by atoms with Gasteiger partial charge in [0.05, 0.1) is 16.5 Å². The van der Waals surface area contributed by atoms with Gasteiger partial charge in [-0.15, -0.1) is 0 Å². The third-order valence-corrected chi connectivity index (χ3v) is 5.99. The van der Waals surface area contributed by atoms with Gasteiger partial charge in [-0.2, -0.15) is 17.0 Å². The van der Waals surface area contributed by atoms with Crippen molar-refractivity contribution in [2.75, 3.05) is 6.26 Å². The van der Waals surface area contributed by atoms with Gasteiger partial charge >= 0.3 is 0 Å². The van der Waals surface area contributed by atoms with Crippen molar-refractivity contribution in [3.8, 4) is 6.07 Å². The Morgan fingerprint density at radius 2 is 2.21 bits per heavy atom. The molecule has 6 heteroatoms. The Morgan fingerprint density at radius 1 is 1.42 bits per heavy atom. The molecule has 2 atom stereocenters. The molecular formula is C13H16N2O2S2. The van der Waals surface area contributed by atoms with E-state index in [1.54, 1.807) is 23.9 Å². The molecule has 1 N–H and O–H groups in total. The average Bonchev–Trinajstić information content (AvgIpc) is 2.85. The van der Waals surface area contributed by atoms with Crippen LogP contribution in [0.1, 0.15) is 24.8 Å². The summed E-state index contributed by atoms with van der Waals surface area (Å²) in [6.45, 7) is 0. The third kappa shape index (κ3) is 3.30. The molecule has 0 aliphatic heterocycles. The summed E-state index contributed by atoms with van der Waals surface area (Å²) in [6, 6.07) is 8.06. The number of rotatable bonds is 4. The first kappa shape index (κ1) is 14.4. The van der Waals surface area contributed by atoms with E-state index in [9.17, 15) is 8.42 Å². The molecule has 1 aromatic rings. The Labute approximate surface area is 118 Å². The molecule has 0 bridgehead atoms. The number of sulfonamides is 1. The number of nitriles is 1. The molecule has 1 aliphatic rings. The van der Waals surface area contributed by atoms with Gasteiger partial charge in [-0.1, -0.05) is 12.5 Å². The molecule has 1 fully saturated rings. The first-order valence-corrected chi connectivity index (χ1v) is 8.89. The SMILES string of the molecule is CSC1CCCC1NS(=O)(=O)c1cccc(C#N)c1. The first-order valence-electron chi connectivity index (χ1n) is 6.12. The van der Waals surface area contributed by atoms with Crippen molar-refractivity contribution in [2.45, 2.75) is 35.4 Å². The molecule has 1 saturated carbocycles. The summed E-state index contributed by atoms with van der Waals surface area (Å²) in [7, 11) is -3.53. The van der Waals surface area contributed by atoms with E-state index < -0.39 is 10.0 Å². The molecule has 102 valence electrons. The summed E-state index contributed by atoms with van der Waals surface area (Å²) >= 11 is 1.70. The summed E-state index contributed by atoms with van der Waals surface area (Å²) in [5, 5.41) is 9.17. The molecule has 1 aliphatic carbocycles. The van der Waals surface area contributed by atoms with Crippen LogP contribution in [0.15, 0.2) is 29.2 Å². The van der Waals surface area contributed by atoms with Crippen molar-refractivity contribution in [3.63, 3.8) is 0 Å². The lowest BCUT2D eigenvalue weighted by molar-refractivity contribution is 0.555. The van der Waals surface area contributed by atoms with Crippen molar-refractivity contribution in [1.29, 1.82) is 5.26 Å². The molecule has 19 heavy (non-hydrogen) atoms. The molecule has 2 rings (SSSR count). The average molecular weight is 296 g/mol. The molecule has 0 aromatic heterocycles. The van der Waals surface area contributed by atoms with Crippen LogP contribution < -0.4 is 4.72 Å². The van der Waals surface area contributed by atoms with Gasteiger partial charge in [-0.25, -0.2) is 13.1 Å². The molecule has 0 spiro atoms. The third-order valence-electron chi connectivity index (χ3n) is 3.34. The lowest BCUT2D eigenvalue weighted by atomic mass is 10.2. The smallest absolute Gasteiger partial charge is 0.207 e. The minimum atomic E-state index is -3.53. The van der Waals surface area contributed by atoms with E-state index in [0.29, 0.717) is 10.8 Å². The highest BCUT2D eigenvalue weighted by Gasteiger charge is 2.30. The standard InChI is InChI=1S/C13H16N2O2S2/c1-18-13-7-3-6-12(13)15-19(16,17)11-5-2-4-10(8-11)9-14/h2,4-5,8,12-13,15H,3,6-7H2,1H3. The highest BCUT2D eigenvalue weighted by atomic mass is 32.2. The minimum Gasteiger partial charge on any atom is -0.207 e. The van der Waals surface area contributed by atoms with E-state index in [4.69, 9.17) is 5.26 Å². The van der Waals surface area contributed by atoms with Gasteiger partial charge in [0.1, 0.15) is 0 Å². The lowest BCUT2D eigenvalue weighted by Crippen LogP contribution is -2.38. The van der Waals surface area contributed by atoms with Gasteiger partial charge in [-0.05, 0) is 37.3 Å². The van der Waals surface area contributed by atoms with Crippen LogP contribution in [0.4, 0.5) is 0 Å². The van der Waals surface area contributed by atoms with Crippen LogP contribution in [0.3, 0.4) is 0 Å². The zero-order chi connectivity index (χ0) is 13.9. The number of benzene rings is 1. The van der Waals surface area contributed by atoms with Crippen LogP contribution in [0, 0.1) is 11.3 Å². The number of nitrogens with one attached hydrogen (secondary N) is 1. The molecule has 0 radical (unpaired) electrons. The van der Waals surface area contributed by atoms with Crippen molar-refractivity contribution in [3.05, 3.63) is 29.8 Å². The highest BCUT2D eigenvalue weighted by Crippen LogP contribution is 2.29. The summed E-state index contributed by atoms with van der Waals surface area (Å²) in [4.78, 5) is 0.165. The number of nitrogens with zero attached hydrogens (tertiary/aromatic N) is 1. The van der Waals surface area contributed by atoms with Crippen molar-refractivity contribution in [2.24, 2.45) is 0 Å². The molecule has 0 amide bonds. The second-order valence-corrected chi connectivity index (χ2v) is 7.36. The van der Waals surface area contributed by atoms with Crippen LogP contribution in [-0.4, -0.2) is 26.0 Å².